The third kappa shape index (κ3) is 32.5. The average molecular weight is 660 g/mol. The minimum atomic E-state index is -4.60. The van der Waals surface area contributed by atoms with Crippen molar-refractivity contribution >= 4 is 19.8 Å². The van der Waals surface area contributed by atoms with E-state index < -0.39 is 26.5 Å². The molecule has 0 fully saturated rings. The van der Waals surface area contributed by atoms with E-state index in [0.29, 0.717) is 12.8 Å². The highest BCUT2D eigenvalue weighted by Crippen LogP contribution is 2.39. The number of unbranched alkanes of at least 4 members (excludes halogenated alkanes) is 17. The number of esters is 2. The molecule has 0 aliphatic rings. The van der Waals surface area contributed by atoms with Crippen molar-refractivity contribution in [3.63, 3.8) is 0 Å². The van der Waals surface area contributed by atoms with E-state index >= 15 is 0 Å². The van der Waals surface area contributed by atoms with Crippen LogP contribution in [0.2, 0.25) is 0 Å². The van der Waals surface area contributed by atoms with Crippen LogP contribution in [0.15, 0.2) is 12.2 Å². The molecule has 8 nitrogen and oxygen atoms in total. The second-order valence-electron chi connectivity index (χ2n) is 13.5. The number of allylic oxidation sites excluding steroid dienone is 2. The standard InChI is InChI=1S/C36H69O8P/c1-6-8-10-12-14-16-17-18-19-20-22-23-25-27-34(37)41-31-33(32-43-45(39,40)42-30-29-36(3,4)5)44-35(38)28-26-24-21-15-13-11-9-7-2/h7,9,33H,6,8,10-32H2,1-5H3,(H,39,40)/p-1/b9-7-. The van der Waals surface area contributed by atoms with Crippen LogP contribution in [0.1, 0.15) is 176 Å². The molecule has 0 bridgehead atoms. The lowest BCUT2D eigenvalue weighted by Gasteiger charge is -2.27. The summed E-state index contributed by atoms with van der Waals surface area (Å²) in [6.07, 6.45) is 26.1. The van der Waals surface area contributed by atoms with Gasteiger partial charge in [-0.25, -0.2) is 0 Å². The van der Waals surface area contributed by atoms with E-state index in [1.54, 1.807) is 0 Å². The first kappa shape index (κ1) is 43.8. The molecule has 2 unspecified atom stereocenters. The van der Waals surface area contributed by atoms with Crippen molar-refractivity contribution in [3.8, 4) is 0 Å². The molecule has 0 aliphatic heterocycles. The summed E-state index contributed by atoms with van der Waals surface area (Å²) < 4.78 is 33.1. The summed E-state index contributed by atoms with van der Waals surface area (Å²) in [6.45, 7) is 9.50. The maximum atomic E-state index is 12.5. The molecule has 0 N–H and O–H groups in total. The van der Waals surface area contributed by atoms with Crippen molar-refractivity contribution < 1.29 is 37.6 Å². The fourth-order valence-corrected chi connectivity index (χ4v) is 5.55. The van der Waals surface area contributed by atoms with Gasteiger partial charge in [0.25, 0.3) is 7.82 Å². The Morgan fingerprint density at radius 1 is 0.711 bits per heavy atom. The van der Waals surface area contributed by atoms with Crippen LogP contribution < -0.4 is 4.89 Å². The average Bonchev–Trinajstić information content (AvgIpc) is 2.97. The van der Waals surface area contributed by atoms with Gasteiger partial charge < -0.3 is 23.4 Å². The maximum Gasteiger partial charge on any atom is 0.306 e. The van der Waals surface area contributed by atoms with Gasteiger partial charge >= 0.3 is 11.9 Å². The van der Waals surface area contributed by atoms with Gasteiger partial charge in [0.1, 0.15) is 6.61 Å². The van der Waals surface area contributed by atoms with Gasteiger partial charge in [-0.1, -0.05) is 136 Å². The molecule has 0 heterocycles. The zero-order chi connectivity index (χ0) is 33.7. The predicted molar refractivity (Wildman–Crippen MR) is 182 cm³/mol. The van der Waals surface area contributed by atoms with E-state index in [-0.39, 0.29) is 37.4 Å². The van der Waals surface area contributed by atoms with Crippen molar-refractivity contribution in [3.05, 3.63) is 12.2 Å². The van der Waals surface area contributed by atoms with E-state index in [0.717, 1.165) is 51.4 Å². The fraction of sp³-hybridized carbons (Fsp3) is 0.889. The molecule has 0 amide bonds. The van der Waals surface area contributed by atoms with Crippen LogP contribution in [-0.2, 0) is 32.7 Å². The predicted octanol–water partition coefficient (Wildman–Crippen LogP) is 10.2. The Kier molecular flexibility index (Phi) is 28.2. The highest BCUT2D eigenvalue weighted by atomic mass is 31.2. The van der Waals surface area contributed by atoms with Crippen LogP contribution in [0, 0.1) is 5.41 Å². The lowest BCUT2D eigenvalue weighted by Crippen LogP contribution is -2.30. The fourth-order valence-electron chi connectivity index (χ4n) is 4.81. The summed E-state index contributed by atoms with van der Waals surface area (Å²) in [5, 5.41) is 0. The summed E-state index contributed by atoms with van der Waals surface area (Å²) in [6, 6.07) is 0. The molecule has 0 spiro atoms. The second-order valence-corrected chi connectivity index (χ2v) is 15.0. The molecule has 0 aromatic carbocycles. The van der Waals surface area contributed by atoms with Crippen LogP contribution in [-0.4, -0.2) is 37.9 Å². The zero-order valence-electron chi connectivity index (χ0n) is 29.6. The van der Waals surface area contributed by atoms with Crippen LogP contribution in [0.5, 0.6) is 0 Å². The molecular formula is C36H68O8P-. The Bertz CT molecular complexity index is 792. The van der Waals surface area contributed by atoms with Gasteiger partial charge in [-0.2, -0.15) is 0 Å². The van der Waals surface area contributed by atoms with Gasteiger partial charge in [0.15, 0.2) is 6.10 Å². The third-order valence-electron chi connectivity index (χ3n) is 7.72. The quantitative estimate of drug-likeness (QED) is 0.0313. The van der Waals surface area contributed by atoms with E-state index in [1.807, 2.05) is 27.7 Å². The zero-order valence-corrected chi connectivity index (χ0v) is 30.5. The Morgan fingerprint density at radius 2 is 1.20 bits per heavy atom. The number of phosphoric acid groups is 1. The number of carbonyl (C=O) groups is 2. The monoisotopic (exact) mass is 659 g/mol. The van der Waals surface area contributed by atoms with Crippen molar-refractivity contribution in [1.29, 1.82) is 0 Å². The van der Waals surface area contributed by atoms with Gasteiger partial charge in [0, 0.05) is 12.8 Å². The van der Waals surface area contributed by atoms with Crippen LogP contribution in [0.25, 0.3) is 0 Å². The van der Waals surface area contributed by atoms with Gasteiger partial charge in [-0.3, -0.25) is 14.2 Å². The highest BCUT2D eigenvalue weighted by Gasteiger charge is 2.21. The summed E-state index contributed by atoms with van der Waals surface area (Å²) in [4.78, 5) is 37.1. The molecule has 0 rings (SSSR count). The first-order chi connectivity index (χ1) is 21.5. The molecule has 0 aliphatic carbocycles. The summed E-state index contributed by atoms with van der Waals surface area (Å²) in [5.41, 5.74) is -0.0912. The minimum Gasteiger partial charge on any atom is -0.756 e. The molecular weight excluding hydrogens is 591 g/mol. The lowest BCUT2D eigenvalue weighted by molar-refractivity contribution is -0.228. The van der Waals surface area contributed by atoms with Crippen LogP contribution in [0.3, 0.4) is 0 Å². The highest BCUT2D eigenvalue weighted by molar-refractivity contribution is 7.45. The number of carbonyl (C=O) groups excluding carboxylic acids is 2. The van der Waals surface area contributed by atoms with Gasteiger partial charge in [0.2, 0.25) is 0 Å². The van der Waals surface area contributed by atoms with E-state index in [9.17, 15) is 19.0 Å². The first-order valence-electron chi connectivity index (χ1n) is 18.1. The molecule has 45 heavy (non-hydrogen) atoms. The Hall–Kier alpha value is -1.21. The van der Waals surface area contributed by atoms with E-state index in [2.05, 4.69) is 19.1 Å². The SMILES string of the molecule is C/C=C\CCCCCCCC(=O)OC(COC(=O)CCCCCCCCCCCCCCC)COP(=O)([O-])OCCC(C)(C)C. The largest absolute Gasteiger partial charge is 0.756 e. The van der Waals surface area contributed by atoms with E-state index in [1.165, 1.54) is 64.2 Å². The number of rotatable bonds is 31. The molecule has 9 heteroatoms. The first-order valence-corrected chi connectivity index (χ1v) is 19.5. The normalized spacial score (nSPS) is 14.0. The molecule has 2 atom stereocenters. The van der Waals surface area contributed by atoms with Crippen molar-refractivity contribution in [1.82, 2.24) is 0 Å². The molecule has 0 saturated heterocycles. The molecule has 266 valence electrons. The number of hydrogen-bond acceptors (Lipinski definition) is 8. The second kappa shape index (κ2) is 29.0. The minimum absolute atomic E-state index is 0.00241. The molecule has 0 aromatic rings. The van der Waals surface area contributed by atoms with Crippen molar-refractivity contribution in [2.24, 2.45) is 5.41 Å². The Labute approximate surface area is 276 Å². The van der Waals surface area contributed by atoms with Crippen molar-refractivity contribution in [2.75, 3.05) is 19.8 Å². The molecule has 0 aromatic heterocycles. The summed E-state index contributed by atoms with van der Waals surface area (Å²) >= 11 is 0. The lowest BCUT2D eigenvalue weighted by atomic mass is 9.93. The molecule has 0 radical (unpaired) electrons. The van der Waals surface area contributed by atoms with Gasteiger partial charge in [-0.15, -0.1) is 0 Å². The maximum absolute atomic E-state index is 12.5. The van der Waals surface area contributed by atoms with Crippen LogP contribution in [0.4, 0.5) is 0 Å². The molecule has 0 saturated carbocycles. The van der Waals surface area contributed by atoms with Gasteiger partial charge in [0.05, 0.1) is 13.2 Å². The Morgan fingerprint density at radius 3 is 1.71 bits per heavy atom. The van der Waals surface area contributed by atoms with E-state index in [4.69, 9.17) is 18.5 Å². The smallest absolute Gasteiger partial charge is 0.306 e. The van der Waals surface area contributed by atoms with Crippen molar-refractivity contribution in [2.45, 2.75) is 182 Å². The summed E-state index contributed by atoms with van der Waals surface area (Å²) in [5.74, 6) is -0.844. The Balaban J connectivity index is 4.41. The number of phosphoric ester groups is 1. The number of ether oxygens (including phenoxy) is 2. The topological polar surface area (TPSA) is 111 Å². The van der Waals surface area contributed by atoms with Gasteiger partial charge in [-0.05, 0) is 44.4 Å². The third-order valence-corrected chi connectivity index (χ3v) is 8.68. The number of hydrogen-bond donors (Lipinski definition) is 0. The van der Waals surface area contributed by atoms with Crippen LogP contribution >= 0.6 is 7.82 Å². The summed E-state index contributed by atoms with van der Waals surface area (Å²) in [7, 11) is -4.60.